The quantitative estimate of drug-likeness (QED) is 0.420. The molecular formula is C19H19F2N7OS2. The van der Waals surface area contributed by atoms with E-state index < -0.39 is 22.5 Å². The van der Waals surface area contributed by atoms with Gasteiger partial charge in [-0.15, -0.1) is 0 Å². The smallest absolute Gasteiger partial charge is 0.263 e. The van der Waals surface area contributed by atoms with Crippen molar-refractivity contribution in [3.05, 3.63) is 65.5 Å². The topological polar surface area (TPSA) is 94.5 Å². The largest absolute Gasteiger partial charge is 0.382 e. The number of thioether (sulfide) groups is 1. The van der Waals surface area contributed by atoms with Crippen LogP contribution in [0.25, 0.3) is 5.95 Å². The van der Waals surface area contributed by atoms with Gasteiger partial charge in [-0.1, -0.05) is 17.8 Å². The molecule has 31 heavy (non-hydrogen) atoms. The number of hydrogen-bond donors (Lipinski definition) is 1. The second-order valence-electron chi connectivity index (χ2n) is 7.10. The number of benzene rings is 1. The number of rotatable bonds is 7. The molecule has 0 spiro atoms. The second-order valence-corrected chi connectivity index (χ2v) is 9.44. The fourth-order valence-corrected chi connectivity index (χ4v) is 5.20. The van der Waals surface area contributed by atoms with Crippen molar-refractivity contribution in [1.82, 2.24) is 33.9 Å². The summed E-state index contributed by atoms with van der Waals surface area (Å²) in [6.07, 6.45) is 2.75. The summed E-state index contributed by atoms with van der Waals surface area (Å²) in [5.74, 6) is -1.13. The molecule has 1 aromatic carbocycles. The maximum absolute atomic E-state index is 14.7. The molecule has 3 aromatic heterocycles. The molecule has 162 valence electrons. The van der Waals surface area contributed by atoms with Gasteiger partial charge in [0.05, 0.1) is 12.2 Å². The zero-order chi connectivity index (χ0) is 22.2. The summed E-state index contributed by atoms with van der Waals surface area (Å²) in [6, 6.07) is 5.05. The van der Waals surface area contributed by atoms with Gasteiger partial charge in [0, 0.05) is 22.6 Å². The molecule has 0 fully saturated rings. The minimum absolute atomic E-state index is 0.0346. The molecule has 0 aliphatic rings. The first-order chi connectivity index (χ1) is 14.8. The van der Waals surface area contributed by atoms with E-state index in [0.29, 0.717) is 10.3 Å². The lowest BCUT2D eigenvalue weighted by molar-refractivity contribution is 0.0133. The van der Waals surface area contributed by atoms with Crippen molar-refractivity contribution < 1.29 is 13.9 Å². The molecule has 4 rings (SSSR count). The van der Waals surface area contributed by atoms with E-state index in [0.717, 1.165) is 35.1 Å². The Morgan fingerprint density at radius 3 is 2.71 bits per heavy atom. The number of halogens is 2. The van der Waals surface area contributed by atoms with E-state index in [-0.39, 0.29) is 12.1 Å². The first-order valence-corrected chi connectivity index (χ1v) is 11.0. The minimum Gasteiger partial charge on any atom is -0.382 e. The lowest BCUT2D eigenvalue weighted by Gasteiger charge is -2.33. The van der Waals surface area contributed by atoms with E-state index in [1.54, 1.807) is 11.6 Å². The van der Waals surface area contributed by atoms with E-state index in [4.69, 9.17) is 0 Å². The highest BCUT2D eigenvalue weighted by Crippen LogP contribution is 2.39. The Morgan fingerprint density at radius 1 is 1.26 bits per heavy atom. The van der Waals surface area contributed by atoms with Gasteiger partial charge in [0.1, 0.15) is 29.9 Å². The van der Waals surface area contributed by atoms with Gasteiger partial charge in [-0.05, 0) is 44.4 Å². The summed E-state index contributed by atoms with van der Waals surface area (Å²) < 4.78 is 36.1. The summed E-state index contributed by atoms with van der Waals surface area (Å²) in [6.45, 7) is 5.46. The van der Waals surface area contributed by atoms with E-state index >= 15 is 0 Å². The monoisotopic (exact) mass is 463 g/mol. The fraction of sp³-hybridized carbons (Fsp3) is 0.316. The molecule has 2 unspecified atom stereocenters. The van der Waals surface area contributed by atoms with Crippen LogP contribution < -0.4 is 0 Å². The molecule has 0 amide bonds. The standard InChI is InChI=1S/C19H19F2N7OS2/c1-11-6-12(2)28(25-11)17-24-18(31-26-17)30-13(3)19(29,8-27-10-22-9-23-27)15-5-4-14(20)7-16(15)21/h4-7,9-10,13,29H,8H2,1-3H3. The lowest BCUT2D eigenvalue weighted by Crippen LogP contribution is -2.41. The Morgan fingerprint density at radius 2 is 2.06 bits per heavy atom. The normalized spacial score (nSPS) is 14.5. The average molecular weight is 464 g/mol. The van der Waals surface area contributed by atoms with E-state index in [2.05, 4.69) is 24.5 Å². The molecule has 0 radical (unpaired) electrons. The number of aryl methyl sites for hydroxylation is 2. The highest BCUT2D eigenvalue weighted by Gasteiger charge is 2.40. The van der Waals surface area contributed by atoms with Gasteiger partial charge in [-0.3, -0.25) is 0 Å². The molecule has 2 atom stereocenters. The minimum atomic E-state index is -1.72. The summed E-state index contributed by atoms with van der Waals surface area (Å²) in [5, 5.41) is 19.4. The molecule has 0 aliphatic carbocycles. The van der Waals surface area contributed by atoms with E-state index in [9.17, 15) is 13.9 Å². The van der Waals surface area contributed by atoms with Crippen LogP contribution in [0.1, 0.15) is 23.9 Å². The number of aromatic nitrogens is 7. The fourth-order valence-electron chi connectivity index (χ4n) is 3.25. The van der Waals surface area contributed by atoms with Gasteiger partial charge in [0.2, 0.25) is 0 Å². The van der Waals surface area contributed by atoms with Crippen molar-refractivity contribution in [1.29, 1.82) is 0 Å². The molecule has 1 N–H and O–H groups in total. The van der Waals surface area contributed by atoms with Crippen molar-refractivity contribution in [3.8, 4) is 5.95 Å². The zero-order valence-electron chi connectivity index (χ0n) is 16.9. The maximum Gasteiger partial charge on any atom is 0.263 e. The molecule has 8 nitrogen and oxygen atoms in total. The Kier molecular flexibility index (Phi) is 5.86. The molecule has 0 saturated heterocycles. The second kappa shape index (κ2) is 8.44. The molecule has 4 aromatic rings. The van der Waals surface area contributed by atoms with Crippen LogP contribution in [0.5, 0.6) is 0 Å². The van der Waals surface area contributed by atoms with Gasteiger partial charge in [-0.25, -0.2) is 23.1 Å². The first-order valence-electron chi connectivity index (χ1n) is 9.30. The van der Waals surface area contributed by atoms with Gasteiger partial charge < -0.3 is 5.11 Å². The van der Waals surface area contributed by atoms with Crippen LogP contribution in [-0.2, 0) is 12.1 Å². The van der Waals surface area contributed by atoms with Crippen LogP contribution in [-0.4, -0.2) is 44.3 Å². The van der Waals surface area contributed by atoms with Gasteiger partial charge in [0.15, 0.2) is 4.34 Å². The van der Waals surface area contributed by atoms with Gasteiger partial charge >= 0.3 is 0 Å². The zero-order valence-corrected chi connectivity index (χ0v) is 18.5. The summed E-state index contributed by atoms with van der Waals surface area (Å²) in [5.41, 5.74) is -0.00674. The molecule has 0 bridgehead atoms. The highest BCUT2D eigenvalue weighted by molar-refractivity contribution is 8.01. The van der Waals surface area contributed by atoms with Crippen LogP contribution >= 0.6 is 23.3 Å². The van der Waals surface area contributed by atoms with Crippen LogP contribution in [0, 0.1) is 25.5 Å². The van der Waals surface area contributed by atoms with Gasteiger partial charge in [-0.2, -0.15) is 19.6 Å². The Labute approximate surface area is 185 Å². The van der Waals surface area contributed by atoms with E-state index in [1.807, 2.05) is 19.9 Å². The van der Waals surface area contributed by atoms with Crippen molar-refractivity contribution in [2.75, 3.05) is 0 Å². The molecule has 0 aliphatic heterocycles. The number of aliphatic hydroxyl groups is 1. The van der Waals surface area contributed by atoms with Crippen molar-refractivity contribution in [2.45, 2.75) is 42.5 Å². The maximum atomic E-state index is 14.7. The first kappa shape index (κ1) is 21.5. The van der Waals surface area contributed by atoms with Crippen molar-refractivity contribution in [3.63, 3.8) is 0 Å². The molecule has 0 saturated carbocycles. The predicted octanol–water partition coefficient (Wildman–Crippen LogP) is 3.28. The van der Waals surface area contributed by atoms with Gasteiger partial charge in [0.25, 0.3) is 5.95 Å². The van der Waals surface area contributed by atoms with Crippen LogP contribution in [0.15, 0.2) is 41.3 Å². The summed E-state index contributed by atoms with van der Waals surface area (Å²) in [7, 11) is 0. The molecule has 12 heteroatoms. The molecular weight excluding hydrogens is 444 g/mol. The van der Waals surface area contributed by atoms with Crippen molar-refractivity contribution in [2.24, 2.45) is 0 Å². The van der Waals surface area contributed by atoms with E-state index in [1.165, 1.54) is 35.2 Å². The molecule has 3 heterocycles. The van der Waals surface area contributed by atoms with Crippen molar-refractivity contribution >= 4 is 23.3 Å². The lowest BCUT2D eigenvalue weighted by atomic mass is 9.90. The number of hydrogen-bond acceptors (Lipinski definition) is 8. The highest BCUT2D eigenvalue weighted by atomic mass is 32.2. The third-order valence-electron chi connectivity index (χ3n) is 4.81. The Bertz CT molecular complexity index is 1190. The number of nitrogens with zero attached hydrogens (tertiary/aromatic N) is 7. The SMILES string of the molecule is Cc1cc(C)n(-c2nsc(SC(C)C(O)(Cn3cncn3)c3ccc(F)cc3F)n2)n1. The van der Waals surface area contributed by atoms with Crippen LogP contribution in [0.4, 0.5) is 8.78 Å². The van der Waals surface area contributed by atoms with Crippen LogP contribution in [0.3, 0.4) is 0 Å². The summed E-state index contributed by atoms with van der Waals surface area (Å²) in [4.78, 5) is 8.38. The third-order valence-corrected chi connectivity index (χ3v) is 6.86. The summed E-state index contributed by atoms with van der Waals surface area (Å²) >= 11 is 2.40. The predicted molar refractivity (Wildman–Crippen MR) is 112 cm³/mol. The average Bonchev–Trinajstić information content (AvgIpc) is 3.43. The third kappa shape index (κ3) is 4.36. The Hall–Kier alpha value is -2.70. The van der Waals surface area contributed by atoms with Crippen LogP contribution in [0.2, 0.25) is 0 Å². The Balaban J connectivity index is 1.65.